The molecular weight excluding hydrogens is 285 g/mol. The number of rotatable bonds is 5. The average molecular weight is 294 g/mol. The van der Waals surface area contributed by atoms with Crippen LogP contribution in [0.4, 0.5) is 5.69 Å². The van der Waals surface area contributed by atoms with Crippen LogP contribution >= 0.6 is 7.15 Å². The Labute approximate surface area is 115 Å². The summed E-state index contributed by atoms with van der Waals surface area (Å²) >= 11 is 5.07. The van der Waals surface area contributed by atoms with Crippen LogP contribution in [0.15, 0.2) is 54.6 Å². The van der Waals surface area contributed by atoms with Gasteiger partial charge in [0.15, 0.2) is 11.5 Å². The van der Waals surface area contributed by atoms with Crippen LogP contribution in [-0.2, 0) is 11.8 Å². The lowest BCUT2D eigenvalue weighted by Gasteiger charge is -1.96. The Hall–Kier alpha value is -2.04. The van der Waals surface area contributed by atoms with E-state index in [0.29, 0.717) is 11.5 Å². The van der Waals surface area contributed by atoms with Crippen molar-refractivity contribution in [3.8, 4) is 11.5 Å². The zero-order valence-corrected chi connectivity index (χ0v) is 11.3. The Kier molecular flexibility index (Phi) is 4.39. The van der Waals surface area contributed by atoms with Gasteiger partial charge < -0.3 is 0 Å². The summed E-state index contributed by atoms with van der Waals surface area (Å²) in [6.45, 7) is 0. The van der Waals surface area contributed by atoms with E-state index in [1.165, 1.54) is 24.3 Å². The first-order chi connectivity index (χ1) is 9.15. The summed E-state index contributed by atoms with van der Waals surface area (Å²) in [5.74, 6) is 1.08. The van der Waals surface area contributed by atoms with Gasteiger partial charge in [0, 0.05) is 12.1 Å². The van der Waals surface area contributed by atoms with Crippen LogP contribution in [0, 0.1) is 10.1 Å². The van der Waals surface area contributed by atoms with E-state index in [9.17, 15) is 10.1 Å². The van der Waals surface area contributed by atoms with Crippen LogP contribution in [-0.4, -0.2) is 4.92 Å². The Morgan fingerprint density at radius 3 is 2.00 bits per heavy atom. The Bertz CT molecular complexity index is 588. The quantitative estimate of drug-likeness (QED) is 0.476. The summed E-state index contributed by atoms with van der Waals surface area (Å²) in [5, 5.41) is 10.5. The molecule has 0 amide bonds. The van der Waals surface area contributed by atoms with Crippen molar-refractivity contribution >= 4 is 24.6 Å². The summed E-state index contributed by atoms with van der Waals surface area (Å²) < 4.78 is 10.8. The first kappa shape index (κ1) is 13.4. The van der Waals surface area contributed by atoms with Crippen LogP contribution in [0.2, 0.25) is 0 Å². The molecule has 0 heterocycles. The molecule has 0 aliphatic carbocycles. The van der Waals surface area contributed by atoms with E-state index in [0.717, 1.165) is 0 Å². The van der Waals surface area contributed by atoms with Crippen LogP contribution in [0.1, 0.15) is 0 Å². The largest absolute Gasteiger partial charge is 0.626 e. The Balaban J connectivity index is 1.97. The van der Waals surface area contributed by atoms with Crippen LogP contribution in [0.25, 0.3) is 0 Å². The van der Waals surface area contributed by atoms with Crippen molar-refractivity contribution in [1.82, 2.24) is 0 Å². The number of non-ortho nitro benzene ring substituents is 1. The molecule has 0 aliphatic rings. The topological polar surface area (TPSA) is 61.6 Å². The second kappa shape index (κ2) is 6.22. The van der Waals surface area contributed by atoms with Crippen LogP contribution < -0.4 is 9.05 Å². The van der Waals surface area contributed by atoms with Crippen molar-refractivity contribution in [2.45, 2.75) is 0 Å². The van der Waals surface area contributed by atoms with Crippen molar-refractivity contribution in [3.05, 3.63) is 64.7 Å². The summed E-state index contributed by atoms with van der Waals surface area (Å²) in [7, 11) is -1.54. The van der Waals surface area contributed by atoms with E-state index in [1.807, 2.05) is 18.2 Å². The molecule has 2 aromatic carbocycles. The lowest BCUT2D eigenvalue weighted by atomic mass is 10.3. The number of benzene rings is 2. The fourth-order valence-corrected chi connectivity index (χ4v) is 2.44. The monoisotopic (exact) mass is 294 g/mol. The van der Waals surface area contributed by atoms with Gasteiger partial charge in [0.25, 0.3) is 17.5 Å². The molecule has 0 saturated heterocycles. The lowest BCUT2D eigenvalue weighted by molar-refractivity contribution is -0.384. The third-order valence-electron chi connectivity index (χ3n) is 2.15. The highest BCUT2D eigenvalue weighted by atomic mass is 32.4. The molecule has 7 heteroatoms. The molecule has 0 aromatic heterocycles. The van der Waals surface area contributed by atoms with Crippen molar-refractivity contribution in [1.29, 1.82) is 0 Å². The van der Waals surface area contributed by atoms with E-state index in [1.54, 1.807) is 12.1 Å². The van der Waals surface area contributed by atoms with Gasteiger partial charge in [0.05, 0.1) is 4.92 Å². The molecule has 0 N–H and O–H groups in total. The highest BCUT2D eigenvalue weighted by molar-refractivity contribution is 8.01. The lowest BCUT2D eigenvalue weighted by Crippen LogP contribution is -1.90. The summed E-state index contributed by atoms with van der Waals surface area (Å²) in [5.41, 5.74) is 0.00465. The third kappa shape index (κ3) is 3.98. The molecule has 2 aromatic rings. The molecule has 19 heavy (non-hydrogen) atoms. The van der Waals surface area contributed by atoms with E-state index >= 15 is 0 Å². The molecule has 0 saturated carbocycles. The van der Waals surface area contributed by atoms with Crippen molar-refractivity contribution in [2.24, 2.45) is 0 Å². The molecule has 0 bridgehead atoms. The number of nitro benzene ring substituents is 1. The minimum absolute atomic E-state index is 0.00465. The second-order valence-electron chi connectivity index (χ2n) is 3.47. The van der Waals surface area contributed by atoms with E-state index < -0.39 is 12.1 Å². The van der Waals surface area contributed by atoms with Crippen molar-refractivity contribution < 1.29 is 14.0 Å². The molecule has 1 unspecified atom stereocenters. The zero-order valence-electron chi connectivity index (χ0n) is 9.63. The fourth-order valence-electron chi connectivity index (χ4n) is 1.30. The van der Waals surface area contributed by atoms with Crippen LogP contribution in [0.5, 0.6) is 11.5 Å². The molecule has 2 rings (SSSR count). The maximum atomic E-state index is 10.5. The van der Waals surface area contributed by atoms with Gasteiger partial charge >= 0.3 is 7.15 Å². The van der Waals surface area contributed by atoms with Gasteiger partial charge in [-0.2, -0.15) is 0 Å². The standard InChI is InChI=1S/C12H9NO4PS/c14-13(15)10-6-8-12(9-7-10)17-18(19)16-11-4-2-1-3-5-11/h1-9H/q+1. The maximum Gasteiger partial charge on any atom is 0.626 e. The second-order valence-corrected chi connectivity index (χ2v) is 5.18. The van der Waals surface area contributed by atoms with E-state index in [4.69, 9.17) is 20.9 Å². The SMILES string of the molecule is O=[N+]([O-])c1ccc(O[P+](=S)Oc2ccccc2)cc1. The molecule has 0 fully saturated rings. The molecule has 0 aliphatic heterocycles. The van der Waals surface area contributed by atoms with Gasteiger partial charge in [-0.15, -0.1) is 0 Å². The molecular formula is C12H9NO4PS+. The predicted molar refractivity (Wildman–Crippen MR) is 75.1 cm³/mol. The molecule has 1 atom stereocenters. The number of hydrogen-bond donors (Lipinski definition) is 0. The Morgan fingerprint density at radius 1 is 0.947 bits per heavy atom. The minimum Gasteiger partial charge on any atom is -0.258 e. The molecule has 5 nitrogen and oxygen atoms in total. The van der Waals surface area contributed by atoms with Gasteiger partial charge in [-0.1, -0.05) is 18.2 Å². The normalized spacial score (nSPS) is 10.6. The molecule has 0 radical (unpaired) electrons. The predicted octanol–water partition coefficient (Wildman–Crippen LogP) is 3.83. The highest BCUT2D eigenvalue weighted by Gasteiger charge is 2.18. The minimum atomic E-state index is -1.54. The first-order valence-electron chi connectivity index (χ1n) is 5.28. The average Bonchev–Trinajstić information content (AvgIpc) is 2.40. The van der Waals surface area contributed by atoms with Gasteiger partial charge in [-0.05, 0) is 24.3 Å². The summed E-state index contributed by atoms with van der Waals surface area (Å²) in [6, 6.07) is 14.8. The molecule has 96 valence electrons. The van der Waals surface area contributed by atoms with E-state index in [2.05, 4.69) is 0 Å². The first-order valence-corrected chi connectivity index (χ1v) is 7.47. The number of para-hydroxylation sites is 1. The van der Waals surface area contributed by atoms with Gasteiger partial charge in [0.1, 0.15) is 0 Å². The van der Waals surface area contributed by atoms with E-state index in [-0.39, 0.29) is 5.69 Å². The maximum absolute atomic E-state index is 10.5. The number of nitro groups is 1. The summed E-state index contributed by atoms with van der Waals surface area (Å²) in [4.78, 5) is 10.0. The van der Waals surface area contributed by atoms with Crippen molar-refractivity contribution in [3.63, 3.8) is 0 Å². The van der Waals surface area contributed by atoms with Crippen molar-refractivity contribution in [2.75, 3.05) is 0 Å². The van der Waals surface area contributed by atoms with Gasteiger partial charge in [-0.3, -0.25) is 10.1 Å². The number of hydrogen-bond acceptors (Lipinski definition) is 5. The fraction of sp³-hybridized carbons (Fsp3) is 0. The number of nitrogens with zero attached hydrogens (tertiary/aromatic N) is 1. The zero-order chi connectivity index (χ0) is 13.7. The smallest absolute Gasteiger partial charge is 0.258 e. The van der Waals surface area contributed by atoms with Crippen LogP contribution in [0.3, 0.4) is 0 Å². The summed E-state index contributed by atoms with van der Waals surface area (Å²) in [6.07, 6.45) is 0. The van der Waals surface area contributed by atoms with Gasteiger partial charge in [0.2, 0.25) is 0 Å². The Morgan fingerprint density at radius 2 is 1.47 bits per heavy atom. The third-order valence-corrected chi connectivity index (χ3v) is 3.32. The highest BCUT2D eigenvalue weighted by Crippen LogP contribution is 2.31. The molecule has 0 spiro atoms. The van der Waals surface area contributed by atoms with Gasteiger partial charge in [-0.25, -0.2) is 9.05 Å².